The molecule has 1 N–H and O–H groups in total. The van der Waals surface area contributed by atoms with Crippen molar-refractivity contribution >= 4 is 17.6 Å². The summed E-state index contributed by atoms with van der Waals surface area (Å²) in [6.45, 7) is 6.31. The first kappa shape index (κ1) is 22.0. The van der Waals surface area contributed by atoms with E-state index < -0.39 is 17.7 Å². The summed E-state index contributed by atoms with van der Waals surface area (Å²) in [5.74, 6) is -1.07. The van der Waals surface area contributed by atoms with Gasteiger partial charge in [0.1, 0.15) is 5.82 Å². The maximum Gasteiger partial charge on any atom is 0.419 e. The van der Waals surface area contributed by atoms with Crippen LogP contribution in [-0.4, -0.2) is 53.9 Å². The van der Waals surface area contributed by atoms with Gasteiger partial charge >= 0.3 is 6.18 Å². The minimum absolute atomic E-state index is 0.0311. The van der Waals surface area contributed by atoms with Crippen molar-refractivity contribution in [2.24, 2.45) is 5.92 Å². The molecule has 0 saturated carbocycles. The molecule has 1 aliphatic rings. The Balaban J connectivity index is 2.12. The lowest BCUT2D eigenvalue weighted by Crippen LogP contribution is -2.48. The summed E-state index contributed by atoms with van der Waals surface area (Å²) in [7, 11) is 0. The van der Waals surface area contributed by atoms with Crippen molar-refractivity contribution in [1.29, 1.82) is 0 Å². The first-order chi connectivity index (χ1) is 13.1. The number of nitrogens with zero attached hydrogens (tertiary/aromatic N) is 3. The summed E-state index contributed by atoms with van der Waals surface area (Å²) in [6.07, 6.45) is -2.03. The Hall–Kier alpha value is -2.32. The number of amides is 2. The summed E-state index contributed by atoms with van der Waals surface area (Å²) >= 11 is 0. The molecular weight excluding hydrogens is 373 g/mol. The van der Waals surface area contributed by atoms with E-state index in [0.29, 0.717) is 25.9 Å². The number of carbonyl (C=O) groups is 2. The van der Waals surface area contributed by atoms with Crippen molar-refractivity contribution in [2.75, 3.05) is 31.1 Å². The smallest absolute Gasteiger partial charge is 0.355 e. The molecule has 0 unspecified atom stereocenters. The molecule has 6 nitrogen and oxygen atoms in total. The zero-order valence-electron chi connectivity index (χ0n) is 16.4. The highest BCUT2D eigenvalue weighted by Crippen LogP contribution is 2.36. The Kier molecular flexibility index (Phi) is 7.26. The van der Waals surface area contributed by atoms with Crippen molar-refractivity contribution in [3.05, 3.63) is 23.9 Å². The van der Waals surface area contributed by atoms with E-state index in [9.17, 15) is 22.8 Å². The molecule has 2 amide bonds. The van der Waals surface area contributed by atoms with Gasteiger partial charge in [0.2, 0.25) is 11.8 Å². The van der Waals surface area contributed by atoms with Crippen LogP contribution >= 0.6 is 0 Å². The van der Waals surface area contributed by atoms with E-state index in [2.05, 4.69) is 10.3 Å². The maximum absolute atomic E-state index is 13.3. The number of halogens is 3. The SMILES string of the molecule is CCN(CC(=O)NC(C)C)C(=O)[C@@H]1CCCN(c2ncccc2C(F)(F)F)C1. The number of hydrogen-bond acceptors (Lipinski definition) is 4. The summed E-state index contributed by atoms with van der Waals surface area (Å²) in [5, 5.41) is 2.75. The quantitative estimate of drug-likeness (QED) is 0.798. The fraction of sp³-hybridized carbons (Fsp3) is 0.632. The zero-order chi connectivity index (χ0) is 20.9. The van der Waals surface area contributed by atoms with Crippen LogP contribution in [-0.2, 0) is 15.8 Å². The van der Waals surface area contributed by atoms with Gasteiger partial charge in [-0.1, -0.05) is 0 Å². The predicted molar refractivity (Wildman–Crippen MR) is 99.7 cm³/mol. The van der Waals surface area contributed by atoms with Crippen LogP contribution in [0.15, 0.2) is 18.3 Å². The maximum atomic E-state index is 13.3. The largest absolute Gasteiger partial charge is 0.419 e. The van der Waals surface area contributed by atoms with Gasteiger partial charge in [-0.3, -0.25) is 9.59 Å². The van der Waals surface area contributed by atoms with E-state index in [1.54, 1.807) is 6.92 Å². The van der Waals surface area contributed by atoms with Crippen molar-refractivity contribution in [2.45, 2.75) is 45.8 Å². The fourth-order valence-corrected chi connectivity index (χ4v) is 3.39. The normalized spacial score (nSPS) is 17.5. The van der Waals surface area contributed by atoms with Crippen LogP contribution in [0.25, 0.3) is 0 Å². The minimum Gasteiger partial charge on any atom is -0.355 e. The third kappa shape index (κ3) is 5.59. The molecule has 0 aromatic carbocycles. The van der Waals surface area contributed by atoms with Gasteiger partial charge in [-0.2, -0.15) is 13.2 Å². The third-order valence-corrected chi connectivity index (χ3v) is 4.64. The van der Waals surface area contributed by atoms with Crippen LogP contribution in [0.5, 0.6) is 0 Å². The standard InChI is InChI=1S/C19H27F3N4O2/c1-4-25(12-16(27)24-13(2)3)18(28)14-7-6-10-26(11-14)17-15(19(20,21)22)8-5-9-23-17/h5,8-9,13-14H,4,6-7,10-12H2,1-3H3,(H,24,27)/t14-/m1/s1. The molecule has 0 bridgehead atoms. The zero-order valence-corrected chi connectivity index (χ0v) is 16.4. The Morgan fingerprint density at radius 2 is 2.11 bits per heavy atom. The fourth-order valence-electron chi connectivity index (χ4n) is 3.39. The van der Waals surface area contributed by atoms with E-state index in [4.69, 9.17) is 0 Å². The lowest BCUT2D eigenvalue weighted by atomic mass is 9.96. The number of anilines is 1. The second-order valence-corrected chi connectivity index (χ2v) is 7.23. The van der Waals surface area contributed by atoms with Gasteiger partial charge in [0.05, 0.1) is 18.0 Å². The first-order valence-electron chi connectivity index (χ1n) is 9.48. The van der Waals surface area contributed by atoms with Crippen LogP contribution in [0.2, 0.25) is 0 Å². The number of alkyl halides is 3. The minimum atomic E-state index is -4.51. The Labute approximate surface area is 163 Å². The highest BCUT2D eigenvalue weighted by Gasteiger charge is 2.38. The van der Waals surface area contributed by atoms with Crippen LogP contribution in [0.4, 0.5) is 19.0 Å². The Morgan fingerprint density at radius 3 is 2.71 bits per heavy atom. The molecule has 1 aromatic rings. The highest BCUT2D eigenvalue weighted by molar-refractivity contribution is 5.86. The molecule has 2 rings (SSSR count). The molecule has 1 aromatic heterocycles. The molecule has 1 atom stereocenters. The second-order valence-electron chi connectivity index (χ2n) is 7.23. The highest BCUT2D eigenvalue weighted by atomic mass is 19.4. The van der Waals surface area contributed by atoms with Gasteiger partial charge in [0.15, 0.2) is 0 Å². The number of aromatic nitrogens is 1. The first-order valence-corrected chi connectivity index (χ1v) is 9.48. The molecule has 0 spiro atoms. The van der Waals surface area contributed by atoms with E-state index in [-0.39, 0.29) is 36.8 Å². The van der Waals surface area contributed by atoms with Gasteiger partial charge in [0.25, 0.3) is 0 Å². The molecule has 1 aliphatic heterocycles. The monoisotopic (exact) mass is 400 g/mol. The molecule has 156 valence electrons. The number of likely N-dealkylation sites (N-methyl/N-ethyl adjacent to an activating group) is 1. The van der Waals surface area contributed by atoms with E-state index in [1.807, 2.05) is 13.8 Å². The van der Waals surface area contributed by atoms with Crippen LogP contribution in [0.1, 0.15) is 39.2 Å². The summed E-state index contributed by atoms with van der Waals surface area (Å²) in [5.41, 5.74) is -0.799. The van der Waals surface area contributed by atoms with Gasteiger partial charge < -0.3 is 15.1 Å². The van der Waals surface area contributed by atoms with Crippen molar-refractivity contribution in [1.82, 2.24) is 15.2 Å². The van der Waals surface area contributed by atoms with Crippen LogP contribution in [0.3, 0.4) is 0 Å². The average Bonchev–Trinajstić information content (AvgIpc) is 2.64. The lowest BCUT2D eigenvalue weighted by molar-refractivity contribution is -0.139. The molecule has 1 fully saturated rings. The van der Waals surface area contributed by atoms with Crippen LogP contribution < -0.4 is 10.2 Å². The predicted octanol–water partition coefficient (Wildman–Crippen LogP) is 2.69. The molecule has 1 saturated heterocycles. The Bertz CT molecular complexity index is 694. The van der Waals surface area contributed by atoms with E-state index in [1.165, 1.54) is 22.1 Å². The number of carbonyl (C=O) groups excluding carboxylic acids is 2. The molecule has 2 heterocycles. The number of nitrogens with one attached hydrogen (secondary N) is 1. The van der Waals surface area contributed by atoms with Crippen molar-refractivity contribution < 1.29 is 22.8 Å². The number of hydrogen-bond donors (Lipinski definition) is 1. The molecule has 0 radical (unpaired) electrons. The van der Waals surface area contributed by atoms with Gasteiger partial charge in [-0.25, -0.2) is 4.98 Å². The molecular formula is C19H27F3N4O2. The average molecular weight is 400 g/mol. The van der Waals surface area contributed by atoms with Gasteiger partial charge in [-0.15, -0.1) is 0 Å². The van der Waals surface area contributed by atoms with Crippen molar-refractivity contribution in [3.8, 4) is 0 Å². The van der Waals surface area contributed by atoms with Crippen molar-refractivity contribution in [3.63, 3.8) is 0 Å². The Morgan fingerprint density at radius 1 is 1.39 bits per heavy atom. The number of piperidine rings is 1. The summed E-state index contributed by atoms with van der Waals surface area (Å²) in [6, 6.07) is 2.23. The van der Waals surface area contributed by atoms with E-state index in [0.717, 1.165) is 6.07 Å². The van der Waals surface area contributed by atoms with Gasteiger partial charge in [0, 0.05) is 31.9 Å². The summed E-state index contributed by atoms with van der Waals surface area (Å²) < 4.78 is 39.9. The number of pyridine rings is 1. The molecule has 9 heteroatoms. The summed E-state index contributed by atoms with van der Waals surface area (Å²) in [4.78, 5) is 31.8. The third-order valence-electron chi connectivity index (χ3n) is 4.64. The molecule has 0 aliphatic carbocycles. The van der Waals surface area contributed by atoms with Gasteiger partial charge in [-0.05, 0) is 45.7 Å². The van der Waals surface area contributed by atoms with E-state index >= 15 is 0 Å². The second kappa shape index (κ2) is 9.25. The van der Waals surface area contributed by atoms with Crippen LogP contribution in [0, 0.1) is 5.92 Å². The molecule has 28 heavy (non-hydrogen) atoms. The number of rotatable bonds is 6. The lowest BCUT2D eigenvalue weighted by Gasteiger charge is -2.36. The topological polar surface area (TPSA) is 65.5 Å².